The second-order valence-corrected chi connectivity index (χ2v) is 6.00. The number of carbonyl (C=O) groups is 2. The lowest BCUT2D eigenvalue weighted by Gasteiger charge is -2.19. The van der Waals surface area contributed by atoms with Crippen LogP contribution in [0.5, 0.6) is 0 Å². The van der Waals surface area contributed by atoms with Gasteiger partial charge in [0.1, 0.15) is 5.60 Å². The van der Waals surface area contributed by atoms with Crippen LogP contribution in [0.15, 0.2) is 30.3 Å². The molecule has 2 amide bonds. The minimum atomic E-state index is -0.475. The van der Waals surface area contributed by atoms with Crippen molar-refractivity contribution in [1.82, 2.24) is 5.32 Å². The highest BCUT2D eigenvalue weighted by molar-refractivity contribution is 5.73. The average Bonchev–Trinajstić information content (AvgIpc) is 2.46. The van der Waals surface area contributed by atoms with Gasteiger partial charge in [0, 0.05) is 15.8 Å². The Labute approximate surface area is 141 Å². The number of hydrogen-bond acceptors (Lipinski definition) is 4. The number of primary amides is 1. The van der Waals surface area contributed by atoms with Crippen molar-refractivity contribution in [2.24, 2.45) is 5.73 Å². The Morgan fingerprint density at radius 2 is 1.83 bits per heavy atom. The van der Waals surface area contributed by atoms with Gasteiger partial charge in [-0.3, -0.25) is 4.79 Å². The molecule has 0 bridgehead atoms. The van der Waals surface area contributed by atoms with Gasteiger partial charge in [-0.15, -0.1) is 0 Å². The van der Waals surface area contributed by atoms with Gasteiger partial charge in [-0.2, -0.15) is 0 Å². The Morgan fingerprint density at radius 1 is 1.22 bits per heavy atom. The molecule has 1 aromatic rings. The molecule has 0 heterocycles. The summed E-state index contributed by atoms with van der Waals surface area (Å²) >= 11 is 0. The molecule has 0 aromatic heterocycles. The van der Waals surface area contributed by atoms with Crippen LogP contribution in [0.3, 0.4) is 0 Å². The van der Waals surface area contributed by atoms with Crippen LogP contribution in [-0.4, -0.2) is 29.3 Å². The number of benzene rings is 1. The molecule has 0 atom stereocenters. The lowest BCUT2D eigenvalue weighted by molar-refractivity contribution is -0.118. The zero-order valence-electron chi connectivity index (χ0n) is 14.2. The molecule has 0 aliphatic rings. The fraction of sp³-hybridized carbons (Fsp3) is 0.529. The van der Waals surface area contributed by atoms with E-state index in [0.29, 0.717) is 19.4 Å². The molecule has 0 unspecified atom stereocenters. The maximum Gasteiger partial charge on any atom is 0.407 e. The van der Waals surface area contributed by atoms with E-state index in [1.807, 2.05) is 30.3 Å². The fourth-order valence-corrected chi connectivity index (χ4v) is 1.51. The molecule has 1 aromatic carbocycles. The third-order valence-electron chi connectivity index (χ3n) is 2.54. The molecule has 0 fully saturated rings. The van der Waals surface area contributed by atoms with Crippen molar-refractivity contribution in [2.45, 2.75) is 52.2 Å². The SMILES string of the molecule is CC(C)(C)OC(=O)NCCCCC(N)=O.OCc1ccccc1.[HH].[HH]. The van der Waals surface area contributed by atoms with Crippen LogP contribution in [0.2, 0.25) is 0 Å². The van der Waals surface area contributed by atoms with Gasteiger partial charge in [0.2, 0.25) is 5.91 Å². The number of aliphatic hydroxyl groups excluding tert-OH is 1. The summed E-state index contributed by atoms with van der Waals surface area (Å²) in [6.07, 6.45) is 1.34. The standard InChI is InChI=1S/C10H20N2O3.C7H8O.2H2/c1-10(2,3)15-9(14)12-7-5-4-6-8(11)13;8-6-7-4-2-1-3-5-7;;/h4-7H2,1-3H3,(H2,11,13)(H,12,14);1-5,8H,6H2;2*1H. The van der Waals surface area contributed by atoms with E-state index >= 15 is 0 Å². The molecular weight excluding hydrogens is 296 g/mol. The van der Waals surface area contributed by atoms with Crippen LogP contribution >= 0.6 is 0 Å². The predicted molar refractivity (Wildman–Crippen MR) is 93.9 cm³/mol. The minimum absolute atomic E-state index is 0. The van der Waals surface area contributed by atoms with Crippen molar-refractivity contribution in [3.63, 3.8) is 0 Å². The summed E-state index contributed by atoms with van der Waals surface area (Å²) in [5.74, 6) is -0.313. The number of aliphatic hydroxyl groups is 1. The monoisotopic (exact) mass is 328 g/mol. The first-order valence-electron chi connectivity index (χ1n) is 7.64. The van der Waals surface area contributed by atoms with E-state index in [1.165, 1.54) is 0 Å². The Kier molecular flexibility index (Phi) is 10.4. The maximum absolute atomic E-state index is 11.1. The van der Waals surface area contributed by atoms with Crippen molar-refractivity contribution in [3.8, 4) is 0 Å². The van der Waals surface area contributed by atoms with Crippen LogP contribution < -0.4 is 11.1 Å². The van der Waals surface area contributed by atoms with Crippen LogP contribution in [-0.2, 0) is 16.1 Å². The van der Waals surface area contributed by atoms with Crippen molar-refractivity contribution >= 4 is 12.0 Å². The quantitative estimate of drug-likeness (QED) is 0.699. The van der Waals surface area contributed by atoms with Crippen LogP contribution in [0.1, 0.15) is 48.5 Å². The number of amides is 2. The summed E-state index contributed by atoms with van der Waals surface area (Å²) in [6, 6.07) is 9.52. The molecular formula is C17H32N2O4. The molecule has 0 aliphatic heterocycles. The third kappa shape index (κ3) is 14.6. The second-order valence-electron chi connectivity index (χ2n) is 6.00. The lowest BCUT2D eigenvalue weighted by atomic mass is 10.2. The number of nitrogens with one attached hydrogen (secondary N) is 1. The maximum atomic E-state index is 11.1. The molecule has 4 N–H and O–H groups in total. The van der Waals surface area contributed by atoms with Gasteiger partial charge in [0.15, 0.2) is 0 Å². The molecule has 6 heteroatoms. The first-order chi connectivity index (χ1) is 10.7. The number of rotatable bonds is 6. The van der Waals surface area contributed by atoms with Crippen LogP contribution in [0.4, 0.5) is 4.79 Å². The summed E-state index contributed by atoms with van der Waals surface area (Å²) in [4.78, 5) is 21.5. The Bertz CT molecular complexity index is 465. The predicted octanol–water partition coefficient (Wildman–Crippen LogP) is 2.84. The van der Waals surface area contributed by atoms with Gasteiger partial charge >= 0.3 is 6.09 Å². The highest BCUT2D eigenvalue weighted by Gasteiger charge is 2.15. The van der Waals surface area contributed by atoms with Crippen molar-refractivity contribution < 1.29 is 22.3 Å². The van der Waals surface area contributed by atoms with Gasteiger partial charge in [-0.1, -0.05) is 30.3 Å². The summed E-state index contributed by atoms with van der Waals surface area (Å²) in [5, 5.41) is 11.1. The number of unbranched alkanes of at least 4 members (excludes halogenated alkanes) is 1. The zero-order chi connectivity index (χ0) is 17.7. The van der Waals surface area contributed by atoms with Gasteiger partial charge in [-0.25, -0.2) is 4.79 Å². The van der Waals surface area contributed by atoms with Crippen molar-refractivity contribution in [1.29, 1.82) is 0 Å². The molecule has 1 rings (SSSR count). The second kappa shape index (κ2) is 11.5. The Morgan fingerprint density at radius 3 is 2.26 bits per heavy atom. The van der Waals surface area contributed by atoms with Gasteiger partial charge < -0.3 is 20.9 Å². The van der Waals surface area contributed by atoms with E-state index in [0.717, 1.165) is 12.0 Å². The first kappa shape index (κ1) is 20.9. The highest BCUT2D eigenvalue weighted by Crippen LogP contribution is 2.06. The molecule has 0 aliphatic carbocycles. The smallest absolute Gasteiger partial charge is 0.407 e. The summed E-state index contributed by atoms with van der Waals surface area (Å²) < 4.78 is 5.02. The normalized spacial score (nSPS) is 10.3. The average molecular weight is 328 g/mol. The van der Waals surface area contributed by atoms with Crippen LogP contribution in [0.25, 0.3) is 0 Å². The number of carbonyl (C=O) groups excluding carboxylic acids is 2. The zero-order valence-corrected chi connectivity index (χ0v) is 14.2. The lowest BCUT2D eigenvalue weighted by Crippen LogP contribution is -2.33. The summed E-state index contributed by atoms with van der Waals surface area (Å²) in [6.45, 7) is 6.06. The number of hydrogen-bond donors (Lipinski definition) is 3. The Balaban J connectivity index is -0.000000412. The summed E-state index contributed by atoms with van der Waals surface area (Å²) in [5.41, 5.74) is 5.46. The van der Waals surface area contributed by atoms with E-state index in [1.54, 1.807) is 20.8 Å². The van der Waals surface area contributed by atoms with E-state index in [9.17, 15) is 9.59 Å². The summed E-state index contributed by atoms with van der Waals surface area (Å²) in [7, 11) is 0. The molecule has 0 saturated carbocycles. The molecule has 134 valence electrons. The third-order valence-corrected chi connectivity index (χ3v) is 2.54. The van der Waals surface area contributed by atoms with Crippen molar-refractivity contribution in [3.05, 3.63) is 35.9 Å². The Hall–Kier alpha value is -2.08. The van der Waals surface area contributed by atoms with E-state index in [2.05, 4.69) is 5.32 Å². The molecule has 0 saturated heterocycles. The molecule has 6 nitrogen and oxygen atoms in total. The first-order valence-corrected chi connectivity index (χ1v) is 7.64. The number of alkyl carbamates (subject to hydrolysis) is 1. The fourth-order valence-electron chi connectivity index (χ4n) is 1.51. The number of ether oxygens (including phenoxy) is 1. The van der Waals surface area contributed by atoms with Crippen molar-refractivity contribution in [2.75, 3.05) is 6.54 Å². The van der Waals surface area contributed by atoms with E-state index in [-0.39, 0.29) is 15.4 Å². The number of nitrogens with two attached hydrogens (primary N) is 1. The minimum Gasteiger partial charge on any atom is -0.444 e. The van der Waals surface area contributed by atoms with E-state index in [4.69, 9.17) is 15.6 Å². The van der Waals surface area contributed by atoms with Gasteiger partial charge in [-0.05, 0) is 39.2 Å². The van der Waals surface area contributed by atoms with Gasteiger partial charge in [0.25, 0.3) is 0 Å². The highest BCUT2D eigenvalue weighted by atomic mass is 16.6. The molecule has 0 radical (unpaired) electrons. The van der Waals surface area contributed by atoms with Crippen LogP contribution in [0, 0.1) is 0 Å². The largest absolute Gasteiger partial charge is 0.444 e. The molecule has 23 heavy (non-hydrogen) atoms. The van der Waals surface area contributed by atoms with E-state index < -0.39 is 11.7 Å². The molecule has 0 spiro atoms. The topological polar surface area (TPSA) is 102 Å². The van der Waals surface area contributed by atoms with Gasteiger partial charge in [0.05, 0.1) is 6.61 Å².